The number of carbonyl (C=O) groups excluding carboxylic acids is 1. The Morgan fingerprint density at radius 3 is 2.94 bits per heavy atom. The minimum absolute atomic E-state index is 0.0402. The number of nitrogens with two attached hydrogens (primary N) is 1. The quantitative estimate of drug-likeness (QED) is 0.780. The molecule has 1 aliphatic rings. The summed E-state index contributed by atoms with van der Waals surface area (Å²) >= 11 is 5.10. The van der Waals surface area contributed by atoms with Gasteiger partial charge in [0.25, 0.3) is 0 Å². The zero-order valence-corrected chi connectivity index (χ0v) is 11.4. The number of anilines is 1. The van der Waals surface area contributed by atoms with E-state index in [1.54, 1.807) is 0 Å². The van der Waals surface area contributed by atoms with E-state index in [1.165, 1.54) is 0 Å². The maximum atomic E-state index is 11.8. The molecule has 1 heterocycles. The smallest absolute Gasteiger partial charge is 0.242 e. The first kappa shape index (κ1) is 12.8. The van der Waals surface area contributed by atoms with Crippen molar-refractivity contribution < 1.29 is 4.79 Å². The molecule has 1 aromatic rings. The second-order valence-electron chi connectivity index (χ2n) is 4.50. The largest absolute Gasteiger partial charge is 0.389 e. The number of para-hydroxylation sites is 1. The Bertz CT molecular complexity index is 501. The molecule has 1 aliphatic heterocycles. The normalized spacial score (nSPS) is 19.6. The molecule has 0 radical (unpaired) electrons. The molecule has 1 saturated heterocycles. The van der Waals surface area contributed by atoms with Crippen molar-refractivity contribution in [1.29, 1.82) is 0 Å². The number of hydrogen-bond acceptors (Lipinski definition) is 3. The van der Waals surface area contributed by atoms with Crippen LogP contribution >= 0.6 is 12.2 Å². The summed E-state index contributed by atoms with van der Waals surface area (Å²) in [5.74, 6) is 0.0402. The fraction of sp³-hybridized carbons (Fsp3) is 0.385. The summed E-state index contributed by atoms with van der Waals surface area (Å²) < 4.78 is 0. The number of carbonyl (C=O) groups is 1. The van der Waals surface area contributed by atoms with Crippen LogP contribution in [0.25, 0.3) is 0 Å². The molecule has 96 valence electrons. The van der Waals surface area contributed by atoms with E-state index in [0.29, 0.717) is 11.5 Å². The van der Waals surface area contributed by atoms with Crippen molar-refractivity contribution in [1.82, 2.24) is 5.32 Å². The highest BCUT2D eigenvalue weighted by Gasteiger charge is 2.28. The molecule has 4 nitrogen and oxygen atoms in total. The van der Waals surface area contributed by atoms with Gasteiger partial charge in [-0.25, -0.2) is 0 Å². The minimum atomic E-state index is -0.201. The van der Waals surface area contributed by atoms with Gasteiger partial charge in [0.05, 0.1) is 5.69 Å². The van der Waals surface area contributed by atoms with Crippen LogP contribution in [0.5, 0.6) is 0 Å². The number of amides is 1. The summed E-state index contributed by atoms with van der Waals surface area (Å²) in [7, 11) is 0. The molecule has 5 heteroatoms. The van der Waals surface area contributed by atoms with E-state index in [2.05, 4.69) is 10.2 Å². The lowest BCUT2D eigenvalue weighted by atomic mass is 10.0. The van der Waals surface area contributed by atoms with E-state index in [0.717, 1.165) is 23.4 Å². The molecule has 0 saturated carbocycles. The Morgan fingerprint density at radius 1 is 1.56 bits per heavy atom. The van der Waals surface area contributed by atoms with Crippen LogP contribution in [0.15, 0.2) is 18.2 Å². The average Bonchev–Trinajstić information content (AvgIpc) is 2.33. The van der Waals surface area contributed by atoms with Gasteiger partial charge in [0.2, 0.25) is 5.91 Å². The van der Waals surface area contributed by atoms with Gasteiger partial charge in [0, 0.05) is 18.7 Å². The highest BCUT2D eigenvalue weighted by atomic mass is 32.1. The Balaban J connectivity index is 2.49. The molecule has 1 aromatic carbocycles. The Morgan fingerprint density at radius 2 is 2.28 bits per heavy atom. The van der Waals surface area contributed by atoms with Gasteiger partial charge in [-0.3, -0.25) is 4.79 Å². The standard InChI is InChI=1S/C13H17N3OS/c1-8-4-3-5-10(12(14)18)11(8)16-7-6-15-13(17)9(16)2/h3-5,9H,6-7H2,1-2H3,(H2,14,18)(H,15,17). The number of thiocarbonyl (C=S) groups is 1. The molecule has 3 N–H and O–H groups in total. The Labute approximate surface area is 112 Å². The first-order valence-electron chi connectivity index (χ1n) is 5.96. The van der Waals surface area contributed by atoms with Crippen molar-refractivity contribution in [2.75, 3.05) is 18.0 Å². The Kier molecular flexibility index (Phi) is 3.52. The van der Waals surface area contributed by atoms with Gasteiger partial charge in [-0.05, 0) is 25.5 Å². The first-order valence-corrected chi connectivity index (χ1v) is 6.37. The lowest BCUT2D eigenvalue weighted by Crippen LogP contribution is -2.54. The summed E-state index contributed by atoms with van der Waals surface area (Å²) in [6.45, 7) is 5.32. The zero-order chi connectivity index (χ0) is 13.3. The molecule has 2 rings (SSSR count). The molecule has 1 fully saturated rings. The number of benzene rings is 1. The van der Waals surface area contributed by atoms with E-state index in [4.69, 9.17) is 18.0 Å². The van der Waals surface area contributed by atoms with Crippen LogP contribution in [0.3, 0.4) is 0 Å². The SMILES string of the molecule is Cc1cccc(C(N)=S)c1N1CCNC(=O)C1C. The van der Waals surface area contributed by atoms with Crippen molar-refractivity contribution in [2.45, 2.75) is 19.9 Å². The highest BCUT2D eigenvalue weighted by Crippen LogP contribution is 2.27. The van der Waals surface area contributed by atoms with Gasteiger partial charge < -0.3 is 16.0 Å². The van der Waals surface area contributed by atoms with Crippen LogP contribution in [0.4, 0.5) is 5.69 Å². The number of piperazine rings is 1. The van der Waals surface area contributed by atoms with Crippen LogP contribution in [-0.4, -0.2) is 30.0 Å². The molecule has 0 spiro atoms. The second-order valence-corrected chi connectivity index (χ2v) is 4.94. The minimum Gasteiger partial charge on any atom is -0.389 e. The van der Waals surface area contributed by atoms with Gasteiger partial charge in [0.15, 0.2) is 0 Å². The summed E-state index contributed by atoms with van der Waals surface area (Å²) in [4.78, 5) is 14.2. The van der Waals surface area contributed by atoms with Crippen molar-refractivity contribution in [2.24, 2.45) is 5.73 Å². The number of nitrogens with one attached hydrogen (secondary N) is 1. The molecule has 1 amide bonds. The van der Waals surface area contributed by atoms with Crippen LogP contribution in [-0.2, 0) is 4.79 Å². The van der Waals surface area contributed by atoms with Gasteiger partial charge >= 0.3 is 0 Å². The van der Waals surface area contributed by atoms with Gasteiger partial charge in [-0.1, -0.05) is 24.4 Å². The maximum absolute atomic E-state index is 11.8. The monoisotopic (exact) mass is 263 g/mol. The topological polar surface area (TPSA) is 58.4 Å². The van der Waals surface area contributed by atoms with Gasteiger partial charge in [-0.15, -0.1) is 0 Å². The highest BCUT2D eigenvalue weighted by molar-refractivity contribution is 7.80. The first-order chi connectivity index (χ1) is 8.52. The third-order valence-corrected chi connectivity index (χ3v) is 3.51. The van der Waals surface area contributed by atoms with Crippen LogP contribution in [0.2, 0.25) is 0 Å². The fourth-order valence-electron chi connectivity index (χ4n) is 2.33. The molecule has 1 atom stereocenters. The van der Waals surface area contributed by atoms with E-state index < -0.39 is 0 Å². The molecule has 0 aromatic heterocycles. The van der Waals surface area contributed by atoms with E-state index in [9.17, 15) is 4.79 Å². The second kappa shape index (κ2) is 4.94. The van der Waals surface area contributed by atoms with Crippen molar-refractivity contribution in [3.8, 4) is 0 Å². The maximum Gasteiger partial charge on any atom is 0.242 e. The third kappa shape index (κ3) is 2.18. The fourth-order valence-corrected chi connectivity index (χ4v) is 2.49. The molecule has 1 unspecified atom stereocenters. The molecule has 18 heavy (non-hydrogen) atoms. The number of rotatable bonds is 2. The number of aryl methyl sites for hydroxylation is 1. The number of hydrogen-bond donors (Lipinski definition) is 2. The van der Waals surface area contributed by atoms with Crippen molar-refractivity contribution in [3.63, 3.8) is 0 Å². The van der Waals surface area contributed by atoms with Crippen molar-refractivity contribution in [3.05, 3.63) is 29.3 Å². The lowest BCUT2D eigenvalue weighted by Gasteiger charge is -2.36. The van der Waals surface area contributed by atoms with E-state index in [-0.39, 0.29) is 11.9 Å². The Hall–Kier alpha value is -1.62. The predicted octanol–water partition coefficient (Wildman–Crippen LogP) is 0.954. The third-order valence-electron chi connectivity index (χ3n) is 3.29. The summed E-state index contributed by atoms with van der Waals surface area (Å²) in [5, 5.41) is 2.85. The summed E-state index contributed by atoms with van der Waals surface area (Å²) in [6.07, 6.45) is 0. The van der Waals surface area contributed by atoms with Crippen LogP contribution in [0.1, 0.15) is 18.1 Å². The predicted molar refractivity (Wildman–Crippen MR) is 76.9 cm³/mol. The molecular formula is C13H17N3OS. The van der Waals surface area contributed by atoms with E-state index >= 15 is 0 Å². The van der Waals surface area contributed by atoms with Crippen LogP contribution in [0, 0.1) is 6.92 Å². The van der Waals surface area contributed by atoms with E-state index in [1.807, 2.05) is 32.0 Å². The lowest BCUT2D eigenvalue weighted by molar-refractivity contribution is -0.122. The van der Waals surface area contributed by atoms with Gasteiger partial charge in [0.1, 0.15) is 11.0 Å². The summed E-state index contributed by atoms with van der Waals surface area (Å²) in [5.41, 5.74) is 8.68. The number of nitrogens with zero attached hydrogens (tertiary/aromatic N) is 1. The van der Waals surface area contributed by atoms with Crippen molar-refractivity contribution >= 4 is 28.8 Å². The molecular weight excluding hydrogens is 246 g/mol. The van der Waals surface area contributed by atoms with Crippen LogP contribution < -0.4 is 16.0 Å². The molecule has 0 bridgehead atoms. The average molecular weight is 263 g/mol. The van der Waals surface area contributed by atoms with Gasteiger partial charge in [-0.2, -0.15) is 0 Å². The molecule has 0 aliphatic carbocycles. The zero-order valence-electron chi connectivity index (χ0n) is 10.6. The summed E-state index contributed by atoms with van der Waals surface area (Å²) in [6, 6.07) is 5.65.